The lowest BCUT2D eigenvalue weighted by atomic mass is 9.85. The van der Waals surface area contributed by atoms with Gasteiger partial charge in [0.25, 0.3) is 0 Å². The molecule has 0 radical (unpaired) electrons. The van der Waals surface area contributed by atoms with Crippen molar-refractivity contribution in [3.63, 3.8) is 0 Å². The number of rotatable bonds is 4. The predicted molar refractivity (Wildman–Crippen MR) is 122 cm³/mol. The normalized spacial score (nSPS) is 18.5. The minimum atomic E-state index is -0.138. The highest BCUT2D eigenvalue weighted by Crippen LogP contribution is 2.43. The highest BCUT2D eigenvalue weighted by Gasteiger charge is 2.35. The average Bonchev–Trinajstić information content (AvgIpc) is 3.54. The molecule has 168 valence electrons. The Kier molecular flexibility index (Phi) is 4.63. The van der Waals surface area contributed by atoms with Crippen molar-refractivity contribution in [3.05, 3.63) is 59.0 Å². The molecule has 1 amide bonds. The molecular formula is C24H25N7O2. The number of benzene rings is 1. The zero-order valence-electron chi connectivity index (χ0n) is 18.7. The van der Waals surface area contributed by atoms with Crippen molar-refractivity contribution < 1.29 is 9.53 Å². The minimum absolute atomic E-state index is 0.0501. The first-order valence-corrected chi connectivity index (χ1v) is 11.4. The Morgan fingerprint density at radius 2 is 1.85 bits per heavy atom. The van der Waals surface area contributed by atoms with E-state index in [9.17, 15) is 4.79 Å². The second-order valence-corrected chi connectivity index (χ2v) is 8.84. The summed E-state index contributed by atoms with van der Waals surface area (Å²) in [7, 11) is 0. The number of para-hydroxylation sites is 1. The van der Waals surface area contributed by atoms with Gasteiger partial charge in [-0.1, -0.05) is 18.2 Å². The van der Waals surface area contributed by atoms with E-state index < -0.39 is 0 Å². The Morgan fingerprint density at radius 1 is 1.03 bits per heavy atom. The summed E-state index contributed by atoms with van der Waals surface area (Å²) in [6.45, 7) is 3.82. The third kappa shape index (κ3) is 3.35. The van der Waals surface area contributed by atoms with E-state index in [0.29, 0.717) is 29.5 Å². The number of nitrogens with zero attached hydrogens (tertiary/aromatic N) is 6. The van der Waals surface area contributed by atoms with Crippen molar-refractivity contribution in [1.29, 1.82) is 0 Å². The Hall–Kier alpha value is -3.75. The van der Waals surface area contributed by atoms with Gasteiger partial charge in [0, 0.05) is 23.5 Å². The number of carbonyl (C=O) groups is 1. The quantitative estimate of drug-likeness (QED) is 0.516. The third-order valence-corrected chi connectivity index (χ3v) is 6.61. The first kappa shape index (κ1) is 19.9. The topological polar surface area (TPSA) is 99.2 Å². The molecule has 9 heteroatoms. The number of nitrogens with one attached hydrogen (secondary N) is 1. The molecule has 0 bridgehead atoms. The maximum Gasteiger partial charge on any atom is 0.226 e. The van der Waals surface area contributed by atoms with Crippen molar-refractivity contribution in [3.8, 4) is 11.6 Å². The fourth-order valence-electron chi connectivity index (χ4n) is 5.04. The molecule has 2 aliphatic rings. The summed E-state index contributed by atoms with van der Waals surface area (Å²) in [6.07, 6.45) is 5.17. The van der Waals surface area contributed by atoms with Crippen LogP contribution in [0.25, 0.3) is 11.5 Å². The van der Waals surface area contributed by atoms with Crippen molar-refractivity contribution in [2.24, 2.45) is 0 Å². The molecule has 0 spiro atoms. The number of hydrogen-bond acceptors (Lipinski definition) is 6. The van der Waals surface area contributed by atoms with Crippen LogP contribution >= 0.6 is 0 Å². The maximum absolute atomic E-state index is 12.8. The molecule has 4 heterocycles. The van der Waals surface area contributed by atoms with E-state index in [1.807, 2.05) is 44.2 Å². The highest BCUT2D eigenvalue weighted by molar-refractivity contribution is 5.95. The Bertz CT molecular complexity index is 1370. The van der Waals surface area contributed by atoms with E-state index in [1.54, 1.807) is 9.20 Å². The molecular weight excluding hydrogens is 418 g/mol. The summed E-state index contributed by atoms with van der Waals surface area (Å²) in [5.41, 5.74) is 3.54. The van der Waals surface area contributed by atoms with Crippen molar-refractivity contribution in [2.75, 3.05) is 5.32 Å². The number of aromatic nitrogens is 6. The number of amides is 1. The molecule has 0 unspecified atom stereocenters. The molecule has 1 fully saturated rings. The first-order valence-electron chi connectivity index (χ1n) is 11.4. The molecule has 9 nitrogen and oxygen atoms in total. The number of aryl methyl sites for hydroxylation is 2. The van der Waals surface area contributed by atoms with Crippen LogP contribution in [0.15, 0.2) is 36.4 Å². The number of carbonyl (C=O) groups excluding carboxylic acids is 1. The van der Waals surface area contributed by atoms with E-state index >= 15 is 0 Å². The van der Waals surface area contributed by atoms with E-state index in [2.05, 4.69) is 26.7 Å². The summed E-state index contributed by atoms with van der Waals surface area (Å²) in [5, 5.41) is 20.6. The lowest BCUT2D eigenvalue weighted by Crippen LogP contribution is -2.25. The van der Waals surface area contributed by atoms with Crippen LogP contribution in [0, 0.1) is 13.8 Å². The minimum Gasteiger partial charge on any atom is -0.490 e. The van der Waals surface area contributed by atoms with E-state index in [4.69, 9.17) is 9.84 Å². The van der Waals surface area contributed by atoms with Crippen molar-refractivity contribution in [2.45, 2.75) is 58.0 Å². The Balaban J connectivity index is 1.45. The second kappa shape index (κ2) is 7.68. The molecule has 1 aliphatic heterocycles. The van der Waals surface area contributed by atoms with E-state index in [0.717, 1.165) is 35.4 Å². The molecule has 1 N–H and O–H groups in total. The third-order valence-electron chi connectivity index (χ3n) is 6.61. The molecule has 1 aliphatic carbocycles. The van der Waals surface area contributed by atoms with Crippen molar-refractivity contribution in [1.82, 2.24) is 29.6 Å². The predicted octanol–water partition coefficient (Wildman–Crippen LogP) is 3.72. The van der Waals surface area contributed by atoms with Crippen LogP contribution in [-0.4, -0.2) is 41.6 Å². The molecule has 1 saturated carbocycles. The lowest BCUT2D eigenvalue weighted by Gasteiger charge is -2.26. The van der Waals surface area contributed by atoms with Crippen LogP contribution in [0.4, 0.5) is 5.82 Å². The summed E-state index contributed by atoms with van der Waals surface area (Å²) in [5.74, 6) is 2.60. The Labute approximate surface area is 190 Å². The van der Waals surface area contributed by atoms with Gasteiger partial charge in [0.2, 0.25) is 5.91 Å². The van der Waals surface area contributed by atoms with Gasteiger partial charge in [0.15, 0.2) is 17.3 Å². The second-order valence-electron chi connectivity index (χ2n) is 8.84. The molecule has 3 aromatic heterocycles. The van der Waals surface area contributed by atoms with Gasteiger partial charge in [-0.05, 0) is 57.7 Å². The van der Waals surface area contributed by atoms with Gasteiger partial charge in [-0.3, -0.25) is 4.79 Å². The van der Waals surface area contributed by atoms with Gasteiger partial charge in [0.05, 0.1) is 11.8 Å². The molecule has 4 aromatic rings. The van der Waals surface area contributed by atoms with Crippen LogP contribution in [0.2, 0.25) is 0 Å². The summed E-state index contributed by atoms with van der Waals surface area (Å²) >= 11 is 0. The van der Waals surface area contributed by atoms with Crippen LogP contribution in [0.3, 0.4) is 0 Å². The monoisotopic (exact) mass is 443 g/mol. The van der Waals surface area contributed by atoms with Gasteiger partial charge < -0.3 is 10.1 Å². The van der Waals surface area contributed by atoms with Crippen LogP contribution in [0.5, 0.6) is 5.75 Å². The number of fused-ring (bicyclic) bond motifs is 2. The molecule has 6 rings (SSSR count). The molecule has 0 saturated heterocycles. The average molecular weight is 444 g/mol. The summed E-state index contributed by atoms with van der Waals surface area (Å²) in [6, 6.07) is 11.8. The Morgan fingerprint density at radius 3 is 2.70 bits per heavy atom. The SMILES string of the molecule is Cc1nn(-c2ccc3nnc(C)n3n2)c2c1[C@@H](c1ccccc1OC1CCCC1)CC(=O)N2. The first-order chi connectivity index (χ1) is 16.1. The summed E-state index contributed by atoms with van der Waals surface area (Å²) in [4.78, 5) is 12.8. The summed E-state index contributed by atoms with van der Waals surface area (Å²) < 4.78 is 9.78. The van der Waals surface area contributed by atoms with Crippen molar-refractivity contribution >= 4 is 17.4 Å². The smallest absolute Gasteiger partial charge is 0.226 e. The number of anilines is 1. The fourth-order valence-corrected chi connectivity index (χ4v) is 5.04. The van der Waals surface area contributed by atoms with Crippen LogP contribution in [0.1, 0.15) is 60.7 Å². The van der Waals surface area contributed by atoms with Gasteiger partial charge in [-0.25, -0.2) is 0 Å². The van der Waals surface area contributed by atoms with Gasteiger partial charge in [0.1, 0.15) is 11.6 Å². The van der Waals surface area contributed by atoms with Crippen LogP contribution < -0.4 is 10.1 Å². The highest BCUT2D eigenvalue weighted by atomic mass is 16.5. The molecule has 1 aromatic carbocycles. The zero-order valence-corrected chi connectivity index (χ0v) is 18.7. The number of ether oxygens (including phenoxy) is 1. The fraction of sp³-hybridized carbons (Fsp3) is 0.375. The maximum atomic E-state index is 12.8. The largest absolute Gasteiger partial charge is 0.490 e. The van der Waals surface area contributed by atoms with Gasteiger partial charge in [-0.2, -0.15) is 14.3 Å². The lowest BCUT2D eigenvalue weighted by molar-refractivity contribution is -0.116. The van der Waals surface area contributed by atoms with Crippen LogP contribution in [-0.2, 0) is 4.79 Å². The molecule has 33 heavy (non-hydrogen) atoms. The van der Waals surface area contributed by atoms with Gasteiger partial charge >= 0.3 is 0 Å². The molecule has 1 atom stereocenters. The van der Waals surface area contributed by atoms with E-state index in [1.165, 1.54) is 12.8 Å². The number of hydrogen-bond donors (Lipinski definition) is 1. The zero-order chi connectivity index (χ0) is 22.5. The van der Waals surface area contributed by atoms with Gasteiger partial charge in [-0.15, -0.1) is 15.3 Å². The standard InChI is InChI=1S/C24H25N7O2/c1-14-23-18(17-9-5-6-10-19(17)33-16-7-3-4-8-16)13-22(32)25-24(23)31(28-14)21-12-11-20-27-26-15(2)30(20)29-21/h5-6,9-12,16,18H,3-4,7-8,13H2,1-2H3,(H,25,32)/t18-/m1/s1. The van der Waals surface area contributed by atoms with E-state index in [-0.39, 0.29) is 17.9 Å².